The molecule has 2 rings (SSSR count). The Kier molecular flexibility index (Phi) is 6.09. The van der Waals surface area contributed by atoms with Gasteiger partial charge >= 0.3 is 0 Å². The molecular formula is C17H25N3O2S2. The second-order valence-electron chi connectivity index (χ2n) is 6.29. The third-order valence-electron chi connectivity index (χ3n) is 4.07. The van der Waals surface area contributed by atoms with E-state index in [1.165, 1.54) is 23.1 Å². The number of thiophene rings is 1. The molecule has 1 atom stereocenters. The number of hydrogen-bond acceptors (Lipinski definition) is 5. The zero-order chi connectivity index (χ0) is 18.0. The first-order valence-corrected chi connectivity index (χ1v) is 10.0. The molecule has 2 aromatic rings. The summed E-state index contributed by atoms with van der Waals surface area (Å²) < 4.78 is 1.70. The zero-order valence-corrected chi connectivity index (χ0v) is 16.7. The molecule has 0 saturated heterocycles. The van der Waals surface area contributed by atoms with Crippen molar-refractivity contribution in [1.82, 2.24) is 14.9 Å². The van der Waals surface area contributed by atoms with E-state index in [0.717, 1.165) is 21.7 Å². The topological polar surface area (TPSA) is 64.0 Å². The van der Waals surface area contributed by atoms with E-state index >= 15 is 0 Å². The van der Waals surface area contributed by atoms with Gasteiger partial charge in [0, 0.05) is 17.0 Å². The maximum Gasteiger partial charge on any atom is 0.263 e. The molecule has 0 aliphatic heterocycles. The lowest BCUT2D eigenvalue weighted by Gasteiger charge is -2.16. The molecule has 2 aromatic heterocycles. The highest BCUT2D eigenvalue weighted by Crippen LogP contribution is 2.29. The van der Waals surface area contributed by atoms with Gasteiger partial charge in [-0.1, -0.05) is 18.7 Å². The van der Waals surface area contributed by atoms with Crippen molar-refractivity contribution < 1.29 is 4.79 Å². The Morgan fingerprint density at radius 2 is 2.00 bits per heavy atom. The lowest BCUT2D eigenvalue weighted by Crippen LogP contribution is -2.33. The molecule has 7 heteroatoms. The van der Waals surface area contributed by atoms with Gasteiger partial charge in [0.15, 0.2) is 5.16 Å². The Labute approximate surface area is 150 Å². The van der Waals surface area contributed by atoms with Gasteiger partial charge in [-0.2, -0.15) is 0 Å². The van der Waals surface area contributed by atoms with Gasteiger partial charge in [-0.25, -0.2) is 4.98 Å². The summed E-state index contributed by atoms with van der Waals surface area (Å²) in [4.78, 5) is 31.5. The molecule has 2 heterocycles. The van der Waals surface area contributed by atoms with E-state index in [9.17, 15) is 9.59 Å². The molecule has 24 heavy (non-hydrogen) atoms. The van der Waals surface area contributed by atoms with Gasteiger partial charge < -0.3 is 5.32 Å². The van der Waals surface area contributed by atoms with Crippen LogP contribution in [0.4, 0.5) is 0 Å². The molecule has 0 radical (unpaired) electrons. The largest absolute Gasteiger partial charge is 0.353 e. The van der Waals surface area contributed by atoms with Crippen LogP contribution in [-0.2, 0) is 4.79 Å². The second kappa shape index (κ2) is 7.70. The predicted molar refractivity (Wildman–Crippen MR) is 102 cm³/mol. The van der Waals surface area contributed by atoms with E-state index < -0.39 is 0 Å². The predicted octanol–water partition coefficient (Wildman–Crippen LogP) is 3.66. The summed E-state index contributed by atoms with van der Waals surface area (Å²) in [5, 5.41) is 4.26. The first-order valence-electron chi connectivity index (χ1n) is 8.20. The van der Waals surface area contributed by atoms with Gasteiger partial charge in [0.05, 0.1) is 11.1 Å². The van der Waals surface area contributed by atoms with Gasteiger partial charge in [0.1, 0.15) is 4.83 Å². The first-order chi connectivity index (χ1) is 11.3. The van der Waals surface area contributed by atoms with E-state index in [1.807, 2.05) is 41.5 Å². The Bertz CT molecular complexity index is 808. The van der Waals surface area contributed by atoms with E-state index in [0.29, 0.717) is 10.5 Å². The van der Waals surface area contributed by atoms with Gasteiger partial charge in [0.2, 0.25) is 5.91 Å². The SMILES string of the molecule is CC[C@@H](C)NC(=O)CSc1nc2sc(C)c(C)c2c(=O)n1C(C)C. The lowest BCUT2D eigenvalue weighted by molar-refractivity contribution is -0.119. The summed E-state index contributed by atoms with van der Waals surface area (Å²) in [6.45, 7) is 11.9. The van der Waals surface area contributed by atoms with Crippen LogP contribution < -0.4 is 10.9 Å². The number of amides is 1. The van der Waals surface area contributed by atoms with Gasteiger partial charge in [0.25, 0.3) is 5.56 Å². The molecule has 1 amide bonds. The molecule has 1 N–H and O–H groups in total. The number of nitrogens with one attached hydrogen (secondary N) is 1. The number of carbonyl (C=O) groups excluding carboxylic acids is 1. The molecule has 5 nitrogen and oxygen atoms in total. The molecule has 132 valence electrons. The van der Waals surface area contributed by atoms with Gasteiger partial charge in [-0.05, 0) is 46.6 Å². The minimum atomic E-state index is -0.0301. The minimum Gasteiger partial charge on any atom is -0.353 e. The Morgan fingerprint density at radius 3 is 2.58 bits per heavy atom. The standard InChI is InChI=1S/C17H25N3O2S2/c1-7-10(4)18-13(21)8-23-17-19-15-14(11(5)12(6)24-15)16(22)20(17)9(2)3/h9-10H,7-8H2,1-6H3,(H,18,21)/t10-/m1/s1. The maximum absolute atomic E-state index is 12.9. The van der Waals surface area contributed by atoms with Crippen molar-refractivity contribution in [3.8, 4) is 0 Å². The van der Waals surface area contributed by atoms with Crippen LogP contribution in [0.2, 0.25) is 0 Å². The molecule has 0 spiro atoms. The Hall–Kier alpha value is -1.34. The van der Waals surface area contributed by atoms with Crippen molar-refractivity contribution in [1.29, 1.82) is 0 Å². The number of thioether (sulfide) groups is 1. The normalized spacial score (nSPS) is 12.8. The number of carbonyl (C=O) groups is 1. The van der Waals surface area contributed by atoms with Crippen LogP contribution in [0.3, 0.4) is 0 Å². The molecule has 0 saturated carbocycles. The maximum atomic E-state index is 12.9. The summed E-state index contributed by atoms with van der Waals surface area (Å²) >= 11 is 2.86. The highest BCUT2D eigenvalue weighted by atomic mass is 32.2. The molecule has 0 aromatic carbocycles. The molecule has 0 fully saturated rings. The fourth-order valence-corrected chi connectivity index (χ4v) is 4.40. The van der Waals surface area contributed by atoms with Crippen LogP contribution in [0.15, 0.2) is 9.95 Å². The summed E-state index contributed by atoms with van der Waals surface area (Å²) in [5.41, 5.74) is 0.995. The number of nitrogens with zero attached hydrogens (tertiary/aromatic N) is 2. The van der Waals surface area contributed by atoms with E-state index in [4.69, 9.17) is 0 Å². The van der Waals surface area contributed by atoms with Crippen molar-refractivity contribution in [2.45, 2.75) is 65.2 Å². The average Bonchev–Trinajstić information content (AvgIpc) is 2.79. The molecule has 0 bridgehead atoms. The van der Waals surface area contributed by atoms with Gasteiger partial charge in [-0.3, -0.25) is 14.2 Å². The van der Waals surface area contributed by atoms with Crippen LogP contribution >= 0.6 is 23.1 Å². The quantitative estimate of drug-likeness (QED) is 0.625. The Balaban J connectivity index is 2.37. The van der Waals surface area contributed by atoms with Crippen LogP contribution in [0.25, 0.3) is 10.2 Å². The summed E-state index contributed by atoms with van der Waals surface area (Å²) in [6.07, 6.45) is 0.894. The number of hydrogen-bond donors (Lipinski definition) is 1. The average molecular weight is 368 g/mol. The third kappa shape index (κ3) is 3.83. The number of aromatic nitrogens is 2. The highest BCUT2D eigenvalue weighted by molar-refractivity contribution is 7.99. The lowest BCUT2D eigenvalue weighted by atomic mass is 10.2. The third-order valence-corrected chi connectivity index (χ3v) is 6.13. The van der Waals surface area contributed by atoms with Crippen LogP contribution in [0, 0.1) is 13.8 Å². The molecular weight excluding hydrogens is 342 g/mol. The fraction of sp³-hybridized carbons (Fsp3) is 0.588. The summed E-state index contributed by atoms with van der Waals surface area (Å²) in [7, 11) is 0. The monoisotopic (exact) mass is 367 g/mol. The number of rotatable bonds is 6. The first kappa shape index (κ1) is 19.0. The molecule has 0 aliphatic rings. The van der Waals surface area contributed by atoms with E-state index in [2.05, 4.69) is 10.3 Å². The molecule has 0 unspecified atom stereocenters. The Morgan fingerprint density at radius 1 is 1.33 bits per heavy atom. The molecule has 0 aliphatic carbocycles. The van der Waals surface area contributed by atoms with E-state index in [-0.39, 0.29) is 29.3 Å². The number of aryl methyl sites for hydroxylation is 2. The van der Waals surface area contributed by atoms with Crippen molar-refractivity contribution >= 4 is 39.2 Å². The zero-order valence-electron chi connectivity index (χ0n) is 15.1. The van der Waals surface area contributed by atoms with Crippen molar-refractivity contribution in [2.75, 3.05) is 5.75 Å². The van der Waals surface area contributed by atoms with Crippen molar-refractivity contribution in [2.24, 2.45) is 0 Å². The van der Waals surface area contributed by atoms with Crippen LogP contribution in [-0.4, -0.2) is 27.3 Å². The smallest absolute Gasteiger partial charge is 0.263 e. The van der Waals surface area contributed by atoms with Crippen molar-refractivity contribution in [3.63, 3.8) is 0 Å². The fourth-order valence-electron chi connectivity index (χ4n) is 2.39. The second-order valence-corrected chi connectivity index (χ2v) is 8.44. The van der Waals surface area contributed by atoms with Gasteiger partial charge in [-0.15, -0.1) is 11.3 Å². The number of fused-ring (bicyclic) bond motifs is 1. The van der Waals surface area contributed by atoms with E-state index in [1.54, 1.807) is 4.57 Å². The van der Waals surface area contributed by atoms with Crippen LogP contribution in [0.1, 0.15) is 50.6 Å². The summed E-state index contributed by atoms with van der Waals surface area (Å²) in [5.74, 6) is 0.232. The summed E-state index contributed by atoms with van der Waals surface area (Å²) in [6, 6.07) is 0.151. The highest BCUT2D eigenvalue weighted by Gasteiger charge is 2.19. The van der Waals surface area contributed by atoms with Crippen molar-refractivity contribution in [3.05, 3.63) is 20.8 Å². The van der Waals surface area contributed by atoms with Crippen LogP contribution in [0.5, 0.6) is 0 Å². The minimum absolute atomic E-state index is 0.00543.